The molecule has 4 aromatic rings. The van der Waals surface area contributed by atoms with E-state index in [1.807, 2.05) is 40.6 Å². The minimum Gasteiger partial charge on any atom is -0.342 e. The number of para-hydroxylation sites is 2. The molecule has 6 nitrogen and oxygen atoms in total. The number of rotatable bonds is 4. The van der Waals surface area contributed by atoms with Crippen molar-refractivity contribution in [2.24, 2.45) is 0 Å². The van der Waals surface area contributed by atoms with E-state index in [1.165, 1.54) is 11.3 Å². The predicted octanol–water partition coefficient (Wildman–Crippen LogP) is 5.55. The fourth-order valence-electron chi connectivity index (χ4n) is 4.08. The lowest BCUT2D eigenvalue weighted by Crippen LogP contribution is -2.39. The molecule has 2 aromatic heterocycles. The normalized spacial score (nSPS) is 16.3. The number of nitrogens with zero attached hydrogens (tertiary/aromatic N) is 2. The topological polar surface area (TPSA) is 78.1 Å². The van der Waals surface area contributed by atoms with Gasteiger partial charge in [0.2, 0.25) is 0 Å². The smallest absolute Gasteiger partial charge is 0.265 e. The zero-order valence-corrected chi connectivity index (χ0v) is 18.7. The van der Waals surface area contributed by atoms with Crippen molar-refractivity contribution < 1.29 is 9.59 Å². The number of anilines is 1. The largest absolute Gasteiger partial charge is 0.342 e. The molecule has 2 N–H and O–H groups in total. The molecule has 5 rings (SSSR count). The van der Waals surface area contributed by atoms with Crippen molar-refractivity contribution in [3.05, 3.63) is 81.3 Å². The van der Waals surface area contributed by atoms with Crippen molar-refractivity contribution in [3.8, 4) is 0 Å². The first kappa shape index (κ1) is 20.7. The molecule has 1 unspecified atom stereocenters. The molecule has 1 fully saturated rings. The van der Waals surface area contributed by atoms with Crippen molar-refractivity contribution in [1.82, 2.24) is 14.9 Å². The van der Waals surface area contributed by atoms with Gasteiger partial charge in [-0.15, -0.1) is 11.3 Å². The van der Waals surface area contributed by atoms with Crippen molar-refractivity contribution in [3.63, 3.8) is 0 Å². The van der Waals surface area contributed by atoms with E-state index in [0.717, 1.165) is 29.7 Å². The maximum atomic E-state index is 13.3. The number of carbonyl (C=O) groups excluding carboxylic acids is 2. The quantitative estimate of drug-likeness (QED) is 0.415. The summed E-state index contributed by atoms with van der Waals surface area (Å²) in [7, 11) is 0. The molecular weight excluding hydrogens is 444 g/mol. The Hall–Kier alpha value is -3.16. The number of carbonyl (C=O) groups is 2. The molecule has 0 aliphatic carbocycles. The number of nitrogens with one attached hydrogen (secondary N) is 2. The molecule has 0 saturated carbocycles. The average Bonchev–Trinajstić information content (AvgIpc) is 3.50. The van der Waals surface area contributed by atoms with E-state index in [9.17, 15) is 9.59 Å². The molecule has 0 spiro atoms. The van der Waals surface area contributed by atoms with Gasteiger partial charge in [-0.1, -0.05) is 29.8 Å². The number of benzene rings is 2. The van der Waals surface area contributed by atoms with Gasteiger partial charge in [-0.25, -0.2) is 4.98 Å². The zero-order chi connectivity index (χ0) is 22.1. The van der Waals surface area contributed by atoms with E-state index in [1.54, 1.807) is 24.3 Å². The second kappa shape index (κ2) is 8.76. The molecule has 162 valence electrons. The van der Waals surface area contributed by atoms with Crippen molar-refractivity contribution in [2.45, 2.75) is 18.8 Å². The Bertz CT molecular complexity index is 1250. The van der Waals surface area contributed by atoms with Crippen LogP contribution in [-0.2, 0) is 0 Å². The summed E-state index contributed by atoms with van der Waals surface area (Å²) in [5.74, 6) is 0.762. The van der Waals surface area contributed by atoms with Gasteiger partial charge in [-0.3, -0.25) is 9.59 Å². The number of thiophene rings is 1. The van der Waals surface area contributed by atoms with E-state index in [0.29, 0.717) is 34.2 Å². The molecule has 3 heterocycles. The van der Waals surface area contributed by atoms with Gasteiger partial charge < -0.3 is 15.2 Å². The highest BCUT2D eigenvalue weighted by molar-refractivity contribution is 7.12. The van der Waals surface area contributed by atoms with Crippen molar-refractivity contribution in [1.29, 1.82) is 0 Å². The van der Waals surface area contributed by atoms with Gasteiger partial charge in [-0.2, -0.15) is 0 Å². The third-order valence-electron chi connectivity index (χ3n) is 5.71. The Labute approximate surface area is 194 Å². The second-order valence-electron chi connectivity index (χ2n) is 7.86. The Morgan fingerprint density at radius 1 is 1.16 bits per heavy atom. The van der Waals surface area contributed by atoms with E-state index in [4.69, 9.17) is 16.6 Å². The number of aromatic amines is 1. The number of likely N-dealkylation sites (tertiary alicyclic amines) is 1. The molecule has 0 radical (unpaired) electrons. The highest BCUT2D eigenvalue weighted by Crippen LogP contribution is 2.29. The van der Waals surface area contributed by atoms with Gasteiger partial charge in [0, 0.05) is 24.6 Å². The van der Waals surface area contributed by atoms with Crippen LogP contribution in [0.15, 0.2) is 60.0 Å². The van der Waals surface area contributed by atoms with Gasteiger partial charge in [-0.05, 0) is 54.6 Å². The van der Waals surface area contributed by atoms with Crippen LogP contribution < -0.4 is 5.32 Å². The first-order valence-corrected chi connectivity index (χ1v) is 11.7. The standard InChI is InChI=1S/C24H21ClN4O2S/c25-17-10-9-15(13-20(17)28-23(30)21-8-4-12-32-21)24(31)29-11-3-5-16(14-29)22-26-18-6-1-2-7-19(18)27-22/h1-2,4,6-10,12-13,16H,3,5,11,14H2,(H,26,27)(H,28,30). The van der Waals surface area contributed by atoms with Crippen LogP contribution in [0, 0.1) is 0 Å². The molecule has 1 atom stereocenters. The number of imidazole rings is 1. The highest BCUT2D eigenvalue weighted by atomic mass is 35.5. The number of hydrogen-bond donors (Lipinski definition) is 2. The first-order valence-electron chi connectivity index (χ1n) is 10.5. The van der Waals surface area contributed by atoms with Crippen LogP contribution in [0.2, 0.25) is 5.02 Å². The number of fused-ring (bicyclic) bond motifs is 1. The summed E-state index contributed by atoms with van der Waals surface area (Å²) in [4.78, 5) is 36.3. The molecule has 2 amide bonds. The fourth-order valence-corrected chi connectivity index (χ4v) is 4.86. The fraction of sp³-hybridized carbons (Fsp3) is 0.208. The van der Waals surface area contributed by atoms with Gasteiger partial charge in [0.25, 0.3) is 11.8 Å². The lowest BCUT2D eigenvalue weighted by atomic mass is 9.96. The van der Waals surface area contributed by atoms with E-state index >= 15 is 0 Å². The van der Waals surface area contributed by atoms with Crippen LogP contribution in [0.25, 0.3) is 11.0 Å². The van der Waals surface area contributed by atoms with Crippen LogP contribution in [0.3, 0.4) is 0 Å². The highest BCUT2D eigenvalue weighted by Gasteiger charge is 2.28. The Morgan fingerprint density at radius 2 is 2.03 bits per heavy atom. The van der Waals surface area contributed by atoms with Crippen LogP contribution >= 0.6 is 22.9 Å². The molecule has 8 heteroatoms. The minimum atomic E-state index is -0.241. The van der Waals surface area contributed by atoms with Crippen LogP contribution in [0.5, 0.6) is 0 Å². The summed E-state index contributed by atoms with van der Waals surface area (Å²) in [5.41, 5.74) is 2.88. The number of piperidine rings is 1. The monoisotopic (exact) mass is 464 g/mol. The summed E-state index contributed by atoms with van der Waals surface area (Å²) in [6.07, 6.45) is 1.88. The van der Waals surface area contributed by atoms with Gasteiger partial charge in [0.05, 0.1) is 26.6 Å². The lowest BCUT2D eigenvalue weighted by Gasteiger charge is -2.32. The SMILES string of the molecule is O=C(Nc1cc(C(=O)N2CCCC(c3nc4ccccc4[nH]3)C2)ccc1Cl)c1cccs1. The lowest BCUT2D eigenvalue weighted by molar-refractivity contribution is 0.0704. The summed E-state index contributed by atoms with van der Waals surface area (Å²) < 4.78 is 0. The molecule has 1 saturated heterocycles. The number of amides is 2. The van der Waals surface area contributed by atoms with Crippen LogP contribution in [0.1, 0.15) is 44.6 Å². The van der Waals surface area contributed by atoms with Crippen LogP contribution in [-0.4, -0.2) is 39.8 Å². The third kappa shape index (κ3) is 4.13. The zero-order valence-electron chi connectivity index (χ0n) is 17.2. The molecule has 32 heavy (non-hydrogen) atoms. The summed E-state index contributed by atoms with van der Waals surface area (Å²) in [6, 6.07) is 16.5. The third-order valence-corrected chi connectivity index (χ3v) is 6.91. The van der Waals surface area contributed by atoms with Crippen LogP contribution in [0.4, 0.5) is 5.69 Å². The Balaban J connectivity index is 1.33. The average molecular weight is 465 g/mol. The van der Waals surface area contributed by atoms with Gasteiger partial charge >= 0.3 is 0 Å². The molecule has 1 aliphatic rings. The number of H-pyrrole nitrogens is 1. The van der Waals surface area contributed by atoms with E-state index in [-0.39, 0.29) is 17.7 Å². The predicted molar refractivity (Wildman–Crippen MR) is 128 cm³/mol. The number of aromatic nitrogens is 2. The van der Waals surface area contributed by atoms with Crippen molar-refractivity contribution in [2.75, 3.05) is 18.4 Å². The molecule has 2 aromatic carbocycles. The number of halogens is 1. The summed E-state index contributed by atoms with van der Waals surface area (Å²) >= 11 is 7.64. The Morgan fingerprint density at radius 3 is 2.84 bits per heavy atom. The van der Waals surface area contributed by atoms with E-state index in [2.05, 4.69) is 10.3 Å². The number of hydrogen-bond acceptors (Lipinski definition) is 4. The second-order valence-corrected chi connectivity index (χ2v) is 9.21. The summed E-state index contributed by atoms with van der Waals surface area (Å²) in [5, 5.41) is 5.05. The van der Waals surface area contributed by atoms with Gasteiger partial charge in [0.1, 0.15) is 5.82 Å². The molecule has 0 bridgehead atoms. The maximum absolute atomic E-state index is 13.3. The Kier molecular flexibility index (Phi) is 5.68. The van der Waals surface area contributed by atoms with Crippen molar-refractivity contribution >= 4 is 51.5 Å². The van der Waals surface area contributed by atoms with Gasteiger partial charge in [0.15, 0.2) is 0 Å². The molecular formula is C24H21ClN4O2S. The van der Waals surface area contributed by atoms with E-state index < -0.39 is 0 Å². The summed E-state index contributed by atoms with van der Waals surface area (Å²) in [6.45, 7) is 1.28. The minimum absolute atomic E-state index is 0.0749. The first-order chi connectivity index (χ1) is 15.6. The molecule has 1 aliphatic heterocycles. The maximum Gasteiger partial charge on any atom is 0.265 e.